The number of aromatic amines is 1. The molecule has 25 heavy (non-hydrogen) atoms. The summed E-state index contributed by atoms with van der Waals surface area (Å²) in [4.78, 5) is 28.8. The Bertz CT molecular complexity index is 1020. The number of methoxy groups -OCH3 is 2. The molecule has 2 N–H and O–H groups in total. The van der Waals surface area contributed by atoms with Crippen LogP contribution in [0, 0.1) is 6.92 Å². The number of nitrogens with zero attached hydrogens (tertiary/aromatic N) is 2. The molecule has 3 rings (SSSR count). The van der Waals surface area contributed by atoms with E-state index in [0.29, 0.717) is 27.9 Å². The first-order valence-electron chi connectivity index (χ1n) is 7.25. The summed E-state index contributed by atoms with van der Waals surface area (Å²) in [6.07, 6.45) is 1.41. The topological polar surface area (TPSA) is 97.7 Å². The van der Waals surface area contributed by atoms with Crippen LogP contribution in [-0.2, 0) is 0 Å². The summed E-state index contributed by atoms with van der Waals surface area (Å²) < 4.78 is 11.6. The van der Waals surface area contributed by atoms with Crippen molar-refractivity contribution < 1.29 is 14.3 Å². The minimum Gasteiger partial charge on any atom is -0.495 e. The van der Waals surface area contributed by atoms with Crippen LogP contribution in [0.1, 0.15) is 16.1 Å². The number of carbonyl (C=O) groups is 1. The van der Waals surface area contributed by atoms with Gasteiger partial charge in [-0.2, -0.15) is 0 Å². The zero-order valence-corrected chi connectivity index (χ0v) is 14.5. The summed E-state index contributed by atoms with van der Waals surface area (Å²) in [5.74, 6) is 0.307. The number of aromatic nitrogens is 3. The maximum Gasteiger partial charge on any atom is 0.272 e. The van der Waals surface area contributed by atoms with Gasteiger partial charge in [0.1, 0.15) is 17.1 Å². The van der Waals surface area contributed by atoms with E-state index in [0.717, 1.165) is 0 Å². The molecule has 130 valence electrons. The highest BCUT2D eigenvalue weighted by atomic mass is 35.5. The van der Waals surface area contributed by atoms with E-state index >= 15 is 0 Å². The van der Waals surface area contributed by atoms with Gasteiger partial charge in [0, 0.05) is 30.1 Å². The number of H-pyrrole nitrogens is 1. The number of amides is 1. The van der Waals surface area contributed by atoms with Crippen LogP contribution in [0.5, 0.6) is 11.5 Å². The number of hydrogen-bond acceptors (Lipinski definition) is 5. The van der Waals surface area contributed by atoms with E-state index < -0.39 is 5.91 Å². The van der Waals surface area contributed by atoms with Crippen molar-refractivity contribution in [2.24, 2.45) is 0 Å². The standard InChI is InChI=1S/C16H15ClN4O4/c1-8-4-14(22)21-15(19-8)9(7-18-21)16(23)20-11-6-12(24-2)10(17)5-13(11)25-3/h4-7,18H,1-3H3,(H,20,23). The largest absolute Gasteiger partial charge is 0.495 e. The van der Waals surface area contributed by atoms with Crippen molar-refractivity contribution in [2.45, 2.75) is 6.92 Å². The molecule has 1 aromatic carbocycles. The van der Waals surface area contributed by atoms with Gasteiger partial charge in [0.2, 0.25) is 0 Å². The van der Waals surface area contributed by atoms with Crippen LogP contribution in [0.2, 0.25) is 5.02 Å². The van der Waals surface area contributed by atoms with Gasteiger partial charge in [0.25, 0.3) is 11.5 Å². The molecule has 0 aliphatic rings. The Morgan fingerprint density at radius 1 is 1.24 bits per heavy atom. The Morgan fingerprint density at radius 2 is 1.96 bits per heavy atom. The highest BCUT2D eigenvalue weighted by Gasteiger charge is 2.18. The summed E-state index contributed by atoms with van der Waals surface area (Å²) in [6, 6.07) is 4.47. The van der Waals surface area contributed by atoms with E-state index in [-0.39, 0.29) is 16.8 Å². The second-order valence-corrected chi connectivity index (χ2v) is 5.63. The lowest BCUT2D eigenvalue weighted by molar-refractivity contribution is 0.102. The zero-order valence-electron chi connectivity index (χ0n) is 13.7. The minimum atomic E-state index is -0.459. The zero-order chi connectivity index (χ0) is 18.1. The number of ether oxygens (including phenoxy) is 2. The third-order valence-electron chi connectivity index (χ3n) is 3.59. The Morgan fingerprint density at radius 3 is 2.64 bits per heavy atom. The van der Waals surface area contributed by atoms with Gasteiger partial charge in [0.15, 0.2) is 5.65 Å². The molecule has 0 spiro atoms. The first-order chi connectivity index (χ1) is 11.9. The molecule has 0 unspecified atom stereocenters. The van der Waals surface area contributed by atoms with E-state index in [9.17, 15) is 9.59 Å². The molecule has 0 aliphatic carbocycles. The molecule has 0 radical (unpaired) electrons. The highest BCUT2D eigenvalue weighted by molar-refractivity contribution is 6.32. The smallest absolute Gasteiger partial charge is 0.272 e. The fraction of sp³-hybridized carbons (Fsp3) is 0.188. The molecule has 0 bridgehead atoms. The fourth-order valence-electron chi connectivity index (χ4n) is 2.41. The van der Waals surface area contributed by atoms with E-state index in [4.69, 9.17) is 21.1 Å². The number of hydrogen-bond donors (Lipinski definition) is 2. The van der Waals surface area contributed by atoms with Crippen LogP contribution >= 0.6 is 11.6 Å². The van der Waals surface area contributed by atoms with Crippen LogP contribution < -0.4 is 20.3 Å². The van der Waals surface area contributed by atoms with Crippen LogP contribution in [0.3, 0.4) is 0 Å². The van der Waals surface area contributed by atoms with Gasteiger partial charge in [-0.15, -0.1) is 0 Å². The predicted octanol–water partition coefficient (Wildman–Crippen LogP) is 2.25. The molecule has 2 aromatic heterocycles. The molecule has 8 nitrogen and oxygen atoms in total. The average Bonchev–Trinajstić information content (AvgIpc) is 3.00. The van der Waals surface area contributed by atoms with Crippen molar-refractivity contribution in [2.75, 3.05) is 19.5 Å². The molecule has 0 fully saturated rings. The van der Waals surface area contributed by atoms with Crippen LogP contribution in [0.15, 0.2) is 29.2 Å². The number of halogens is 1. The third kappa shape index (κ3) is 3.03. The van der Waals surface area contributed by atoms with Gasteiger partial charge in [-0.1, -0.05) is 11.6 Å². The molecule has 9 heteroatoms. The molecule has 3 aromatic rings. The summed E-state index contributed by atoms with van der Waals surface area (Å²) in [5, 5.41) is 5.79. The molecule has 0 aliphatic heterocycles. The van der Waals surface area contributed by atoms with Crippen molar-refractivity contribution in [3.05, 3.63) is 51.0 Å². The van der Waals surface area contributed by atoms with Crippen molar-refractivity contribution >= 4 is 28.8 Å². The molecular weight excluding hydrogens is 348 g/mol. The monoisotopic (exact) mass is 362 g/mol. The first kappa shape index (κ1) is 16.8. The third-order valence-corrected chi connectivity index (χ3v) is 3.89. The Kier molecular flexibility index (Phi) is 4.37. The molecule has 1 amide bonds. The summed E-state index contributed by atoms with van der Waals surface area (Å²) in [7, 11) is 2.93. The Balaban J connectivity index is 2.02. The minimum absolute atomic E-state index is 0.219. The quantitative estimate of drug-likeness (QED) is 0.741. The number of rotatable bonds is 4. The van der Waals surface area contributed by atoms with Crippen LogP contribution in [-0.4, -0.2) is 34.7 Å². The summed E-state index contributed by atoms with van der Waals surface area (Å²) >= 11 is 6.06. The van der Waals surface area contributed by atoms with Crippen LogP contribution in [0.4, 0.5) is 5.69 Å². The number of anilines is 1. The maximum atomic E-state index is 12.6. The van der Waals surface area contributed by atoms with Crippen molar-refractivity contribution in [1.29, 1.82) is 0 Å². The SMILES string of the molecule is COc1cc(NC(=O)c2c[nH]n3c(=O)cc(C)nc23)c(OC)cc1Cl. The number of carbonyl (C=O) groups excluding carboxylic acids is 1. The second-order valence-electron chi connectivity index (χ2n) is 5.22. The lowest BCUT2D eigenvalue weighted by Crippen LogP contribution is -2.17. The van der Waals surface area contributed by atoms with E-state index in [2.05, 4.69) is 15.4 Å². The number of nitrogens with one attached hydrogen (secondary N) is 2. The molecule has 0 atom stereocenters. The number of aryl methyl sites for hydroxylation is 1. The van der Waals surface area contributed by atoms with Gasteiger partial charge >= 0.3 is 0 Å². The maximum absolute atomic E-state index is 12.6. The molecular formula is C16H15ClN4O4. The summed E-state index contributed by atoms with van der Waals surface area (Å²) in [5.41, 5.74) is 1.05. The lowest BCUT2D eigenvalue weighted by atomic mass is 10.2. The average molecular weight is 363 g/mol. The number of benzene rings is 1. The van der Waals surface area contributed by atoms with Gasteiger partial charge < -0.3 is 14.8 Å². The van der Waals surface area contributed by atoms with Crippen LogP contribution in [0.25, 0.3) is 5.65 Å². The fourth-order valence-corrected chi connectivity index (χ4v) is 2.64. The predicted molar refractivity (Wildman–Crippen MR) is 93.1 cm³/mol. The summed E-state index contributed by atoms with van der Waals surface area (Å²) in [6.45, 7) is 1.68. The van der Waals surface area contributed by atoms with E-state index in [1.807, 2.05) is 0 Å². The van der Waals surface area contributed by atoms with Crippen molar-refractivity contribution in [3.63, 3.8) is 0 Å². The Labute approximate surface area is 147 Å². The van der Waals surface area contributed by atoms with Gasteiger partial charge in [-0.05, 0) is 6.92 Å². The molecule has 0 saturated heterocycles. The lowest BCUT2D eigenvalue weighted by Gasteiger charge is -2.12. The van der Waals surface area contributed by atoms with Gasteiger partial charge in [-0.3, -0.25) is 14.7 Å². The Hall–Kier alpha value is -3.00. The van der Waals surface area contributed by atoms with E-state index in [1.165, 1.54) is 37.1 Å². The van der Waals surface area contributed by atoms with Gasteiger partial charge in [0.05, 0.1) is 24.9 Å². The first-order valence-corrected chi connectivity index (χ1v) is 7.63. The highest BCUT2D eigenvalue weighted by Crippen LogP contribution is 2.36. The molecule has 2 heterocycles. The number of fused-ring (bicyclic) bond motifs is 1. The normalized spacial score (nSPS) is 10.7. The van der Waals surface area contributed by atoms with Crippen molar-refractivity contribution in [3.8, 4) is 11.5 Å². The van der Waals surface area contributed by atoms with Crippen molar-refractivity contribution in [1.82, 2.24) is 14.6 Å². The second kappa shape index (κ2) is 6.48. The van der Waals surface area contributed by atoms with E-state index in [1.54, 1.807) is 13.0 Å². The molecule has 0 saturated carbocycles. The van der Waals surface area contributed by atoms with Gasteiger partial charge in [-0.25, -0.2) is 9.50 Å².